The standard InChI is InChI=1S/C12H19NO5/c1-7-6-8(10(15)18-5)13(9(7)14,11(16)17)12(2,3)4/h7-8H,6H2,1-5H3/p+1. The molecule has 0 radical (unpaired) electrons. The Balaban J connectivity index is 3.47. The van der Waals surface area contributed by atoms with Gasteiger partial charge in [0.15, 0.2) is 0 Å². The molecule has 6 heteroatoms. The van der Waals surface area contributed by atoms with Crippen LogP contribution in [0.15, 0.2) is 0 Å². The summed E-state index contributed by atoms with van der Waals surface area (Å²) in [6.07, 6.45) is -1.10. The SMILES string of the molecule is COC(=O)C1CC(C)C(=O)[N+]1(C(=O)O)C(C)(C)C. The van der Waals surface area contributed by atoms with Gasteiger partial charge in [0.05, 0.1) is 13.0 Å². The molecule has 3 unspecified atom stereocenters. The second-order valence-corrected chi connectivity index (χ2v) is 5.69. The number of esters is 1. The predicted octanol–water partition coefficient (Wildman–Crippen LogP) is 1.39. The Kier molecular flexibility index (Phi) is 3.53. The molecule has 6 nitrogen and oxygen atoms in total. The number of carbonyl (C=O) groups is 3. The van der Waals surface area contributed by atoms with Crippen molar-refractivity contribution in [2.75, 3.05) is 7.11 Å². The maximum Gasteiger partial charge on any atom is 0.522 e. The highest BCUT2D eigenvalue weighted by atomic mass is 16.5. The van der Waals surface area contributed by atoms with Gasteiger partial charge in [0.2, 0.25) is 6.04 Å². The number of likely N-dealkylation sites (tertiary alicyclic amines) is 1. The summed E-state index contributed by atoms with van der Waals surface area (Å²) >= 11 is 0. The fourth-order valence-electron chi connectivity index (χ4n) is 2.80. The smallest absolute Gasteiger partial charge is 0.465 e. The normalized spacial score (nSPS) is 32.4. The Labute approximate surface area is 106 Å². The molecule has 18 heavy (non-hydrogen) atoms. The second-order valence-electron chi connectivity index (χ2n) is 5.69. The molecule has 1 N–H and O–H groups in total. The number of amides is 2. The fraction of sp³-hybridized carbons (Fsp3) is 0.750. The molecule has 1 rings (SSSR count). The maximum absolute atomic E-state index is 12.3. The van der Waals surface area contributed by atoms with E-state index >= 15 is 0 Å². The zero-order chi connectivity index (χ0) is 14.3. The molecule has 1 aliphatic heterocycles. The van der Waals surface area contributed by atoms with Gasteiger partial charge in [-0.15, -0.1) is 4.48 Å². The molecule has 0 bridgehead atoms. The summed E-state index contributed by atoms with van der Waals surface area (Å²) in [4.78, 5) is 35.8. The van der Waals surface area contributed by atoms with E-state index in [1.54, 1.807) is 27.7 Å². The topological polar surface area (TPSA) is 80.7 Å². The van der Waals surface area contributed by atoms with Crippen LogP contribution in [0.1, 0.15) is 34.1 Å². The van der Waals surface area contributed by atoms with Crippen molar-refractivity contribution in [1.82, 2.24) is 0 Å². The van der Waals surface area contributed by atoms with Crippen LogP contribution in [0.25, 0.3) is 0 Å². The van der Waals surface area contributed by atoms with Crippen LogP contribution in [0.3, 0.4) is 0 Å². The average molecular weight is 258 g/mol. The quantitative estimate of drug-likeness (QED) is 0.567. The molecule has 0 saturated carbocycles. The highest BCUT2D eigenvalue weighted by molar-refractivity contribution is 5.90. The fourth-order valence-corrected chi connectivity index (χ4v) is 2.80. The Morgan fingerprint density at radius 2 is 1.89 bits per heavy atom. The summed E-state index contributed by atoms with van der Waals surface area (Å²) < 4.78 is 3.77. The van der Waals surface area contributed by atoms with Crippen LogP contribution in [0.5, 0.6) is 0 Å². The first-order chi connectivity index (χ1) is 8.10. The number of imide groups is 1. The Morgan fingerprint density at radius 1 is 1.39 bits per heavy atom. The van der Waals surface area contributed by atoms with Crippen molar-refractivity contribution in [3.05, 3.63) is 0 Å². The summed E-state index contributed by atoms with van der Waals surface area (Å²) in [7, 11) is 1.20. The van der Waals surface area contributed by atoms with Crippen LogP contribution in [0.2, 0.25) is 0 Å². The molecule has 0 aromatic heterocycles. The van der Waals surface area contributed by atoms with Crippen LogP contribution >= 0.6 is 0 Å². The molecular weight excluding hydrogens is 238 g/mol. The van der Waals surface area contributed by atoms with Crippen LogP contribution in [-0.4, -0.2) is 46.2 Å². The van der Waals surface area contributed by atoms with Gasteiger partial charge in [-0.2, -0.15) is 4.79 Å². The highest BCUT2D eigenvalue weighted by Crippen LogP contribution is 2.41. The molecule has 1 fully saturated rings. The zero-order valence-corrected chi connectivity index (χ0v) is 11.4. The zero-order valence-electron chi connectivity index (χ0n) is 11.4. The van der Waals surface area contributed by atoms with E-state index in [0.29, 0.717) is 0 Å². The molecule has 0 spiro atoms. The summed E-state index contributed by atoms with van der Waals surface area (Å²) in [5, 5.41) is 9.55. The number of carboxylic acid groups (broad SMARTS) is 1. The van der Waals surface area contributed by atoms with Gasteiger partial charge in [-0.1, -0.05) is 0 Å². The van der Waals surface area contributed by atoms with Crippen molar-refractivity contribution < 1.29 is 28.7 Å². The molecule has 1 heterocycles. The first kappa shape index (κ1) is 14.6. The third kappa shape index (κ3) is 1.71. The number of nitrogens with zero attached hydrogens (tertiary/aromatic N) is 1. The molecule has 1 aliphatic rings. The first-order valence-corrected chi connectivity index (χ1v) is 5.85. The van der Waals surface area contributed by atoms with Gasteiger partial charge in [-0.3, -0.25) is 0 Å². The summed E-state index contributed by atoms with van der Waals surface area (Å²) in [5.74, 6) is -1.56. The van der Waals surface area contributed by atoms with Gasteiger partial charge in [-0.25, -0.2) is 9.59 Å². The molecule has 3 atom stereocenters. The van der Waals surface area contributed by atoms with Gasteiger partial charge in [-0.05, 0) is 27.7 Å². The average Bonchev–Trinajstić information content (AvgIpc) is 2.50. The summed E-state index contributed by atoms with van der Waals surface area (Å²) in [6, 6.07) is -0.977. The van der Waals surface area contributed by atoms with E-state index in [-0.39, 0.29) is 6.42 Å². The van der Waals surface area contributed by atoms with Gasteiger partial charge < -0.3 is 9.84 Å². The minimum Gasteiger partial charge on any atom is -0.465 e. The molecular formula is C12H20NO5+. The molecule has 0 aromatic rings. The van der Waals surface area contributed by atoms with E-state index < -0.39 is 40.0 Å². The van der Waals surface area contributed by atoms with Crippen molar-refractivity contribution >= 4 is 18.0 Å². The van der Waals surface area contributed by atoms with E-state index in [2.05, 4.69) is 4.74 Å². The van der Waals surface area contributed by atoms with E-state index in [9.17, 15) is 19.5 Å². The number of carbonyl (C=O) groups excluding carboxylic acids is 2. The molecule has 2 amide bonds. The van der Waals surface area contributed by atoms with E-state index in [1.807, 2.05) is 0 Å². The van der Waals surface area contributed by atoms with Crippen LogP contribution in [-0.2, 0) is 14.3 Å². The number of hydrogen-bond donors (Lipinski definition) is 1. The minimum absolute atomic E-state index is 0.203. The lowest BCUT2D eigenvalue weighted by molar-refractivity contribution is -0.840. The van der Waals surface area contributed by atoms with Crippen molar-refractivity contribution in [2.24, 2.45) is 5.92 Å². The Morgan fingerprint density at radius 3 is 2.22 bits per heavy atom. The maximum atomic E-state index is 12.3. The summed E-state index contributed by atoms with van der Waals surface area (Å²) in [5.41, 5.74) is -0.910. The van der Waals surface area contributed by atoms with Crippen LogP contribution in [0, 0.1) is 5.92 Å². The summed E-state index contributed by atoms with van der Waals surface area (Å²) in [6.45, 7) is 6.58. The molecule has 0 aliphatic carbocycles. The monoisotopic (exact) mass is 258 g/mol. The predicted molar refractivity (Wildman–Crippen MR) is 62.6 cm³/mol. The number of quaternary nitrogens is 1. The number of hydrogen-bond acceptors (Lipinski definition) is 4. The van der Waals surface area contributed by atoms with Gasteiger partial charge in [0.25, 0.3) is 0 Å². The largest absolute Gasteiger partial charge is 0.522 e. The molecule has 0 aromatic carbocycles. The van der Waals surface area contributed by atoms with E-state index in [1.165, 1.54) is 7.11 Å². The Hall–Kier alpha value is -1.43. The third-order valence-electron chi connectivity index (χ3n) is 3.65. The third-order valence-corrected chi connectivity index (χ3v) is 3.65. The van der Waals surface area contributed by atoms with Crippen molar-refractivity contribution in [1.29, 1.82) is 0 Å². The lowest BCUT2D eigenvalue weighted by atomic mass is 9.99. The van der Waals surface area contributed by atoms with Gasteiger partial charge in [0.1, 0.15) is 5.54 Å². The minimum atomic E-state index is -1.30. The van der Waals surface area contributed by atoms with Gasteiger partial charge in [0, 0.05) is 6.42 Å². The highest BCUT2D eigenvalue weighted by Gasteiger charge is 2.68. The van der Waals surface area contributed by atoms with E-state index in [4.69, 9.17) is 0 Å². The second kappa shape index (κ2) is 4.35. The first-order valence-electron chi connectivity index (χ1n) is 5.85. The van der Waals surface area contributed by atoms with E-state index in [0.717, 1.165) is 0 Å². The van der Waals surface area contributed by atoms with Crippen molar-refractivity contribution in [3.8, 4) is 0 Å². The van der Waals surface area contributed by atoms with Crippen molar-refractivity contribution in [3.63, 3.8) is 0 Å². The van der Waals surface area contributed by atoms with Crippen molar-refractivity contribution in [2.45, 2.75) is 45.7 Å². The van der Waals surface area contributed by atoms with Crippen LogP contribution < -0.4 is 0 Å². The molecule has 1 saturated heterocycles. The number of rotatable bonds is 1. The van der Waals surface area contributed by atoms with Crippen LogP contribution in [0.4, 0.5) is 4.79 Å². The molecule has 102 valence electrons. The van der Waals surface area contributed by atoms with Gasteiger partial charge >= 0.3 is 18.0 Å². The number of methoxy groups -OCH3 is 1. The lowest BCUT2D eigenvalue weighted by Crippen LogP contribution is -2.70. The number of ether oxygens (including phenoxy) is 1. The lowest BCUT2D eigenvalue weighted by Gasteiger charge is -2.41. The Bertz CT molecular complexity index is 398.